The fourth-order valence-corrected chi connectivity index (χ4v) is 3.77. The highest BCUT2D eigenvalue weighted by atomic mass is 16.2. The number of nitrogens with zero attached hydrogens (tertiary/aromatic N) is 2. The number of hydrogen-bond donors (Lipinski definition) is 1. The van der Waals surface area contributed by atoms with Crippen molar-refractivity contribution < 1.29 is 9.59 Å². The lowest BCUT2D eigenvalue weighted by molar-refractivity contribution is -0.135. The average molecular weight is 251 g/mol. The maximum absolute atomic E-state index is 12.4. The van der Waals surface area contributed by atoms with Gasteiger partial charge in [-0.3, -0.25) is 9.59 Å². The van der Waals surface area contributed by atoms with E-state index in [0.29, 0.717) is 24.8 Å². The number of carbonyl (C=O) groups is 2. The number of carbonyl (C=O) groups excluding carboxylic acids is 2. The highest BCUT2D eigenvalue weighted by Gasteiger charge is 2.44. The SMILES string of the molecule is CN1CC(C(=O)N2CC3CCC(N)C3C2)CC1=O. The van der Waals surface area contributed by atoms with Crippen LogP contribution in [0.25, 0.3) is 0 Å². The zero-order valence-corrected chi connectivity index (χ0v) is 10.8. The highest BCUT2D eigenvalue weighted by Crippen LogP contribution is 2.38. The third-order valence-electron chi connectivity index (χ3n) is 4.91. The molecule has 2 amide bonds. The van der Waals surface area contributed by atoms with E-state index >= 15 is 0 Å². The molecule has 2 saturated heterocycles. The number of rotatable bonds is 1. The summed E-state index contributed by atoms with van der Waals surface area (Å²) >= 11 is 0. The molecule has 5 heteroatoms. The molecule has 0 aromatic carbocycles. The minimum Gasteiger partial charge on any atom is -0.345 e. The van der Waals surface area contributed by atoms with Crippen molar-refractivity contribution in [2.24, 2.45) is 23.5 Å². The molecule has 0 aromatic heterocycles. The number of fused-ring (bicyclic) bond motifs is 1. The number of nitrogens with two attached hydrogens (primary N) is 1. The molecular weight excluding hydrogens is 230 g/mol. The summed E-state index contributed by atoms with van der Waals surface area (Å²) in [6.07, 6.45) is 2.63. The Morgan fingerprint density at radius 1 is 1.28 bits per heavy atom. The second-order valence-electron chi connectivity index (χ2n) is 6.08. The molecule has 3 rings (SSSR count). The van der Waals surface area contributed by atoms with Gasteiger partial charge in [0.15, 0.2) is 0 Å². The summed E-state index contributed by atoms with van der Waals surface area (Å²) < 4.78 is 0. The van der Waals surface area contributed by atoms with E-state index in [-0.39, 0.29) is 23.8 Å². The Kier molecular flexibility index (Phi) is 2.81. The van der Waals surface area contributed by atoms with E-state index in [2.05, 4.69) is 0 Å². The van der Waals surface area contributed by atoms with Gasteiger partial charge in [0.1, 0.15) is 0 Å². The first-order chi connectivity index (χ1) is 8.56. The van der Waals surface area contributed by atoms with E-state index < -0.39 is 0 Å². The molecule has 5 nitrogen and oxygen atoms in total. The van der Waals surface area contributed by atoms with Crippen LogP contribution in [0.2, 0.25) is 0 Å². The summed E-state index contributed by atoms with van der Waals surface area (Å²) in [6, 6.07) is 0.265. The van der Waals surface area contributed by atoms with Crippen LogP contribution < -0.4 is 5.73 Å². The lowest BCUT2D eigenvalue weighted by Gasteiger charge is -2.21. The fourth-order valence-electron chi connectivity index (χ4n) is 3.77. The van der Waals surface area contributed by atoms with E-state index in [1.807, 2.05) is 4.90 Å². The van der Waals surface area contributed by atoms with Crippen LogP contribution in [0.3, 0.4) is 0 Å². The molecule has 0 bridgehead atoms. The summed E-state index contributed by atoms with van der Waals surface area (Å²) in [5, 5.41) is 0. The van der Waals surface area contributed by atoms with Crippen molar-refractivity contribution in [3.8, 4) is 0 Å². The first-order valence-corrected chi connectivity index (χ1v) is 6.84. The van der Waals surface area contributed by atoms with Gasteiger partial charge in [-0.15, -0.1) is 0 Å². The van der Waals surface area contributed by atoms with Crippen LogP contribution in [0.4, 0.5) is 0 Å². The molecule has 0 radical (unpaired) electrons. The van der Waals surface area contributed by atoms with Crippen LogP contribution in [0.15, 0.2) is 0 Å². The van der Waals surface area contributed by atoms with Crippen molar-refractivity contribution in [1.82, 2.24) is 9.80 Å². The molecule has 2 heterocycles. The van der Waals surface area contributed by atoms with E-state index in [1.165, 1.54) is 0 Å². The van der Waals surface area contributed by atoms with Gasteiger partial charge >= 0.3 is 0 Å². The largest absolute Gasteiger partial charge is 0.345 e. The maximum atomic E-state index is 12.4. The second-order valence-corrected chi connectivity index (χ2v) is 6.08. The zero-order valence-electron chi connectivity index (χ0n) is 10.8. The quantitative estimate of drug-likeness (QED) is 0.693. The van der Waals surface area contributed by atoms with E-state index in [1.54, 1.807) is 11.9 Å². The molecule has 2 N–H and O–H groups in total. The van der Waals surface area contributed by atoms with Crippen molar-refractivity contribution in [1.29, 1.82) is 0 Å². The minimum atomic E-state index is -0.127. The molecule has 3 fully saturated rings. The summed E-state index contributed by atoms with van der Waals surface area (Å²) in [5.41, 5.74) is 6.08. The van der Waals surface area contributed by atoms with E-state index in [9.17, 15) is 9.59 Å². The third-order valence-corrected chi connectivity index (χ3v) is 4.91. The van der Waals surface area contributed by atoms with Crippen LogP contribution in [0.1, 0.15) is 19.3 Å². The Bertz CT molecular complexity index is 384. The minimum absolute atomic E-state index is 0.0874. The molecule has 3 aliphatic rings. The van der Waals surface area contributed by atoms with Crippen LogP contribution >= 0.6 is 0 Å². The first-order valence-electron chi connectivity index (χ1n) is 6.84. The molecule has 0 spiro atoms. The molecule has 1 aliphatic carbocycles. The first kappa shape index (κ1) is 12.0. The Morgan fingerprint density at radius 2 is 2.06 bits per heavy atom. The van der Waals surface area contributed by atoms with E-state index in [0.717, 1.165) is 25.9 Å². The number of hydrogen-bond acceptors (Lipinski definition) is 3. The fraction of sp³-hybridized carbons (Fsp3) is 0.846. The molecule has 2 aliphatic heterocycles. The van der Waals surface area contributed by atoms with Crippen molar-refractivity contribution >= 4 is 11.8 Å². The number of amides is 2. The third kappa shape index (κ3) is 1.81. The topological polar surface area (TPSA) is 66.6 Å². The Labute approximate surface area is 107 Å². The predicted molar refractivity (Wildman–Crippen MR) is 66.5 cm³/mol. The van der Waals surface area contributed by atoms with Crippen molar-refractivity contribution in [3.05, 3.63) is 0 Å². The van der Waals surface area contributed by atoms with Gasteiger partial charge in [-0.05, 0) is 24.7 Å². The van der Waals surface area contributed by atoms with Gasteiger partial charge in [-0.2, -0.15) is 0 Å². The molecule has 4 atom stereocenters. The predicted octanol–water partition coefficient (Wildman–Crippen LogP) is -0.340. The van der Waals surface area contributed by atoms with Crippen molar-refractivity contribution in [2.75, 3.05) is 26.7 Å². The summed E-state index contributed by atoms with van der Waals surface area (Å²) in [4.78, 5) is 27.5. The molecule has 18 heavy (non-hydrogen) atoms. The molecule has 1 saturated carbocycles. The maximum Gasteiger partial charge on any atom is 0.228 e. The normalized spacial score (nSPS) is 39.6. The summed E-state index contributed by atoms with van der Waals surface area (Å²) in [6.45, 7) is 2.24. The van der Waals surface area contributed by atoms with Gasteiger partial charge in [0.25, 0.3) is 0 Å². The lowest BCUT2D eigenvalue weighted by Crippen LogP contribution is -2.37. The average Bonchev–Trinajstić information content (AvgIpc) is 2.98. The van der Waals surface area contributed by atoms with Crippen LogP contribution in [0, 0.1) is 17.8 Å². The van der Waals surface area contributed by atoms with Crippen molar-refractivity contribution in [2.45, 2.75) is 25.3 Å². The van der Waals surface area contributed by atoms with Gasteiger partial charge in [0.05, 0.1) is 5.92 Å². The zero-order chi connectivity index (χ0) is 12.9. The van der Waals surface area contributed by atoms with Crippen molar-refractivity contribution in [3.63, 3.8) is 0 Å². The smallest absolute Gasteiger partial charge is 0.228 e. The van der Waals surface area contributed by atoms with Gasteiger partial charge in [-0.25, -0.2) is 0 Å². The van der Waals surface area contributed by atoms with Gasteiger partial charge < -0.3 is 15.5 Å². The van der Waals surface area contributed by atoms with E-state index in [4.69, 9.17) is 5.73 Å². The standard InChI is InChI=1S/C13H21N3O2/c1-15-5-9(4-12(15)17)13(18)16-6-8-2-3-11(14)10(8)7-16/h8-11H,2-7,14H2,1H3. The molecular formula is C13H21N3O2. The summed E-state index contributed by atoms with van der Waals surface area (Å²) in [7, 11) is 1.77. The van der Waals surface area contributed by atoms with Gasteiger partial charge in [0.2, 0.25) is 11.8 Å². The number of likely N-dealkylation sites (tertiary alicyclic amines) is 2. The molecule has 0 aromatic rings. The van der Waals surface area contributed by atoms with Crippen LogP contribution in [-0.2, 0) is 9.59 Å². The Morgan fingerprint density at radius 3 is 2.67 bits per heavy atom. The van der Waals surface area contributed by atoms with Gasteiger partial charge in [0, 0.05) is 39.1 Å². The van der Waals surface area contributed by atoms with Crippen LogP contribution in [-0.4, -0.2) is 54.3 Å². The van der Waals surface area contributed by atoms with Crippen LogP contribution in [0.5, 0.6) is 0 Å². The van der Waals surface area contributed by atoms with Gasteiger partial charge in [-0.1, -0.05) is 0 Å². The second kappa shape index (κ2) is 4.23. The molecule has 100 valence electrons. The Balaban J connectivity index is 1.63. The lowest BCUT2D eigenvalue weighted by atomic mass is 9.98. The Hall–Kier alpha value is -1.10. The molecule has 4 unspecified atom stereocenters. The monoisotopic (exact) mass is 251 g/mol. The summed E-state index contributed by atoms with van der Waals surface area (Å²) in [5.74, 6) is 1.21. The highest BCUT2D eigenvalue weighted by molar-refractivity contribution is 5.89.